The molecule has 3 aliphatic rings. The summed E-state index contributed by atoms with van der Waals surface area (Å²) in [4.78, 5) is 0. The van der Waals surface area contributed by atoms with Crippen molar-refractivity contribution >= 4 is 8.32 Å². The maximum absolute atomic E-state index is 11.0. The fourth-order valence-corrected chi connectivity index (χ4v) is 14.0. The van der Waals surface area contributed by atoms with Gasteiger partial charge in [-0.3, -0.25) is 0 Å². The minimum absolute atomic E-state index is 0.0821. The van der Waals surface area contributed by atoms with Gasteiger partial charge in [0.1, 0.15) is 0 Å². The molecule has 1 unspecified atom stereocenters. The van der Waals surface area contributed by atoms with E-state index in [0.29, 0.717) is 29.5 Å². The van der Waals surface area contributed by atoms with E-state index >= 15 is 0 Å². The Bertz CT molecular complexity index is 608. The predicted molar refractivity (Wildman–Crippen MR) is 110 cm³/mol. The SMILES string of the molecule is CC(C)[Si](O[C@@]12CC(O)[C@H]3C[C@]1(C#N)[C@H](C)C[C@]32CCO)(C(C)C)C(C)C. The molecular formula is C22H39NO3Si. The van der Waals surface area contributed by atoms with E-state index in [1.165, 1.54) is 0 Å². The molecule has 0 saturated heterocycles. The van der Waals surface area contributed by atoms with Crippen LogP contribution in [0.3, 0.4) is 0 Å². The molecule has 0 aliphatic heterocycles. The Hall–Kier alpha value is -0.413. The molecule has 2 N–H and O–H groups in total. The first-order valence-electron chi connectivity index (χ1n) is 10.9. The molecule has 154 valence electrons. The Balaban J connectivity index is 2.22. The highest BCUT2D eigenvalue weighted by Gasteiger charge is 2.84. The summed E-state index contributed by atoms with van der Waals surface area (Å²) < 4.78 is 7.49. The molecule has 0 spiro atoms. The van der Waals surface area contributed by atoms with Crippen molar-refractivity contribution in [3.8, 4) is 6.07 Å². The average Bonchev–Trinajstić information content (AvgIpc) is 3.01. The third kappa shape index (κ3) is 2.25. The summed E-state index contributed by atoms with van der Waals surface area (Å²) in [6, 6.07) is 2.74. The van der Waals surface area contributed by atoms with Gasteiger partial charge in [0.2, 0.25) is 8.32 Å². The summed E-state index contributed by atoms with van der Waals surface area (Å²) in [5, 5.41) is 31.3. The second-order valence-electron chi connectivity index (χ2n) is 10.6. The molecule has 3 rings (SSSR count). The van der Waals surface area contributed by atoms with Crippen LogP contribution in [0.4, 0.5) is 0 Å². The second kappa shape index (κ2) is 6.55. The van der Waals surface area contributed by atoms with Gasteiger partial charge in [0, 0.05) is 18.4 Å². The van der Waals surface area contributed by atoms with E-state index in [1.54, 1.807) is 0 Å². The lowest BCUT2D eigenvalue weighted by Crippen LogP contribution is -2.61. The first-order valence-corrected chi connectivity index (χ1v) is 13.1. The lowest BCUT2D eigenvalue weighted by atomic mass is 9.65. The van der Waals surface area contributed by atoms with E-state index in [0.717, 1.165) is 12.8 Å². The topological polar surface area (TPSA) is 73.5 Å². The van der Waals surface area contributed by atoms with E-state index in [9.17, 15) is 15.5 Å². The molecule has 3 saturated carbocycles. The highest BCUT2D eigenvalue weighted by Crippen LogP contribution is 2.81. The number of nitriles is 1. The van der Waals surface area contributed by atoms with Crippen LogP contribution in [0.25, 0.3) is 0 Å². The summed E-state index contributed by atoms with van der Waals surface area (Å²) in [7, 11) is -2.25. The lowest BCUT2D eigenvalue weighted by Gasteiger charge is -2.54. The van der Waals surface area contributed by atoms with Gasteiger partial charge in [-0.05, 0) is 47.7 Å². The van der Waals surface area contributed by atoms with Crippen LogP contribution in [0.15, 0.2) is 0 Å². The van der Waals surface area contributed by atoms with Crippen LogP contribution in [-0.2, 0) is 4.43 Å². The van der Waals surface area contributed by atoms with Gasteiger partial charge in [-0.1, -0.05) is 48.5 Å². The van der Waals surface area contributed by atoms with Crippen molar-refractivity contribution in [2.45, 2.75) is 102 Å². The maximum Gasteiger partial charge on any atom is 0.201 e. The molecule has 6 atom stereocenters. The van der Waals surface area contributed by atoms with Gasteiger partial charge in [0.15, 0.2) is 0 Å². The molecule has 0 radical (unpaired) electrons. The first kappa shape index (κ1) is 21.3. The number of aliphatic hydroxyl groups excluding tert-OH is 2. The molecule has 0 aromatic heterocycles. The molecular weight excluding hydrogens is 354 g/mol. The number of aliphatic hydroxyl groups is 2. The standard InChI is InChI=1S/C22H39NO3Si/c1-14(2)27(15(3)4,16(5)6)26-22-12-19(25)18-11-21(22,13-23)17(7)10-20(18,22)8-9-24/h14-19,24-25H,8-12H2,1-7H3/t17-,18-,19?,20-,21+,22-/m1/s1. The Morgan fingerprint density at radius 2 is 1.63 bits per heavy atom. The fourth-order valence-electron chi connectivity index (χ4n) is 8.24. The van der Waals surface area contributed by atoms with Crippen LogP contribution in [0.2, 0.25) is 16.6 Å². The van der Waals surface area contributed by atoms with Crippen LogP contribution in [0, 0.1) is 34.0 Å². The Labute approximate surface area is 166 Å². The monoisotopic (exact) mass is 393 g/mol. The van der Waals surface area contributed by atoms with Crippen LogP contribution >= 0.6 is 0 Å². The molecule has 5 heteroatoms. The summed E-state index contributed by atoms with van der Waals surface area (Å²) in [5.41, 5.74) is -0.0942. The summed E-state index contributed by atoms with van der Waals surface area (Å²) >= 11 is 0. The van der Waals surface area contributed by atoms with E-state index < -0.39 is 25.4 Å². The van der Waals surface area contributed by atoms with Crippen molar-refractivity contribution in [1.29, 1.82) is 5.26 Å². The smallest absolute Gasteiger partial charge is 0.201 e. The number of nitrogens with zero attached hydrogens (tertiary/aromatic N) is 1. The minimum atomic E-state index is -2.25. The van der Waals surface area contributed by atoms with E-state index in [-0.39, 0.29) is 23.9 Å². The molecule has 0 amide bonds. The van der Waals surface area contributed by atoms with Crippen molar-refractivity contribution < 1.29 is 14.6 Å². The maximum atomic E-state index is 11.0. The Kier molecular flexibility index (Phi) is 5.17. The lowest BCUT2D eigenvalue weighted by molar-refractivity contribution is -0.0768. The Morgan fingerprint density at radius 3 is 2.07 bits per heavy atom. The quantitative estimate of drug-likeness (QED) is 0.619. The number of hydrogen-bond acceptors (Lipinski definition) is 4. The summed E-state index contributed by atoms with van der Waals surface area (Å²) in [5.74, 6) is 0.328. The summed E-state index contributed by atoms with van der Waals surface area (Å²) in [6.45, 7) is 16.0. The molecule has 3 aliphatic carbocycles. The summed E-state index contributed by atoms with van der Waals surface area (Å²) in [6.07, 6.45) is 2.41. The molecule has 3 fully saturated rings. The third-order valence-electron chi connectivity index (χ3n) is 9.06. The molecule has 27 heavy (non-hydrogen) atoms. The van der Waals surface area contributed by atoms with Gasteiger partial charge in [0.05, 0.1) is 23.2 Å². The molecule has 0 aromatic rings. The van der Waals surface area contributed by atoms with Crippen molar-refractivity contribution in [1.82, 2.24) is 0 Å². The normalized spacial score (nSPS) is 43.3. The van der Waals surface area contributed by atoms with E-state index in [1.807, 2.05) is 0 Å². The number of rotatable bonds is 7. The average molecular weight is 394 g/mol. The van der Waals surface area contributed by atoms with Gasteiger partial charge in [-0.25, -0.2) is 0 Å². The van der Waals surface area contributed by atoms with E-state index in [2.05, 4.69) is 54.5 Å². The zero-order valence-corrected chi connectivity index (χ0v) is 19.2. The molecule has 4 nitrogen and oxygen atoms in total. The Morgan fingerprint density at radius 1 is 1.07 bits per heavy atom. The largest absolute Gasteiger partial charge is 0.408 e. The molecule has 0 aromatic carbocycles. The minimum Gasteiger partial charge on any atom is -0.408 e. The van der Waals surface area contributed by atoms with E-state index in [4.69, 9.17) is 4.43 Å². The number of hydrogen-bond donors (Lipinski definition) is 2. The van der Waals surface area contributed by atoms with Gasteiger partial charge < -0.3 is 14.6 Å². The highest BCUT2D eigenvalue weighted by molar-refractivity contribution is 6.77. The molecule has 0 heterocycles. The highest BCUT2D eigenvalue weighted by atomic mass is 28.4. The van der Waals surface area contributed by atoms with Crippen LogP contribution in [0.1, 0.15) is 74.1 Å². The predicted octanol–water partition coefficient (Wildman–Crippen LogP) is 4.62. The fraction of sp³-hybridized carbons (Fsp3) is 0.955. The van der Waals surface area contributed by atoms with Crippen molar-refractivity contribution in [2.24, 2.45) is 22.7 Å². The van der Waals surface area contributed by atoms with Crippen molar-refractivity contribution in [3.63, 3.8) is 0 Å². The van der Waals surface area contributed by atoms with Gasteiger partial charge in [0.25, 0.3) is 0 Å². The third-order valence-corrected chi connectivity index (χ3v) is 15.2. The van der Waals surface area contributed by atoms with Crippen molar-refractivity contribution in [2.75, 3.05) is 6.61 Å². The zero-order chi connectivity index (χ0) is 20.4. The zero-order valence-electron chi connectivity index (χ0n) is 18.2. The van der Waals surface area contributed by atoms with Crippen molar-refractivity contribution in [3.05, 3.63) is 0 Å². The van der Waals surface area contributed by atoms with Crippen LogP contribution < -0.4 is 0 Å². The first-order chi connectivity index (χ1) is 12.5. The second-order valence-corrected chi connectivity index (χ2v) is 16.0. The van der Waals surface area contributed by atoms with Gasteiger partial charge >= 0.3 is 0 Å². The van der Waals surface area contributed by atoms with Crippen LogP contribution in [-0.4, -0.2) is 36.8 Å². The van der Waals surface area contributed by atoms with Gasteiger partial charge in [-0.2, -0.15) is 5.26 Å². The molecule has 4 bridgehead atoms. The van der Waals surface area contributed by atoms with Gasteiger partial charge in [-0.15, -0.1) is 0 Å². The van der Waals surface area contributed by atoms with Crippen LogP contribution in [0.5, 0.6) is 0 Å².